The van der Waals surface area contributed by atoms with Gasteiger partial charge in [0.1, 0.15) is 5.76 Å². The average molecular weight is 122 g/mol. The van der Waals surface area contributed by atoms with Gasteiger partial charge in [-0.1, -0.05) is 15.8 Å². The zero-order valence-electron chi connectivity index (χ0n) is 4.11. The number of halogens is 1. The molecule has 3 heteroatoms. The molecule has 0 saturated heterocycles. The van der Waals surface area contributed by atoms with Gasteiger partial charge in [-0.15, -0.1) is 0 Å². The maximum atomic E-state index is 12.1. The Bertz CT molecular complexity index is 84.2. The molecule has 0 aliphatic heterocycles. The predicted octanol–water partition coefficient (Wildman–Crippen LogP) is 1.62. The Hall–Kier alpha value is -0.100. The third-order valence-electron chi connectivity index (χ3n) is 0.564. The monoisotopic (exact) mass is 122 g/mol. The fourth-order valence-electron chi connectivity index (χ4n) is 0. The highest BCUT2D eigenvalue weighted by atomic mass is 31.0. The Morgan fingerprint density at radius 3 is 2.14 bits per heavy atom. The fraction of sp³-hybridized carbons (Fsp3) is 0.500. The highest BCUT2D eigenvalue weighted by molar-refractivity contribution is 7.19. The lowest BCUT2D eigenvalue weighted by atomic mass is 10.4. The molecule has 7 heavy (non-hydrogen) atoms. The van der Waals surface area contributed by atoms with Crippen LogP contribution in [0.2, 0.25) is 0 Å². The Morgan fingerprint density at radius 1 is 2.00 bits per heavy atom. The molecule has 0 saturated carbocycles. The average Bonchev–Trinajstić information content (AvgIpc) is 1.31. The van der Waals surface area contributed by atoms with E-state index < -0.39 is 11.2 Å². The number of rotatable bonds is 1. The van der Waals surface area contributed by atoms with Gasteiger partial charge in [0, 0.05) is 0 Å². The molecule has 0 aromatic rings. The van der Waals surface area contributed by atoms with Crippen molar-refractivity contribution < 1.29 is 9.50 Å². The standard InChI is InChI=1S/C4H8FOP/c1-3(6)4(2,5)7/h6H,1,7H2,2H3/t4-/m1/s1. The Labute approximate surface area is 44.4 Å². The van der Waals surface area contributed by atoms with E-state index in [4.69, 9.17) is 5.11 Å². The summed E-state index contributed by atoms with van der Waals surface area (Å²) in [4.78, 5) is 0. The zero-order chi connectivity index (χ0) is 6.08. The van der Waals surface area contributed by atoms with Crippen molar-refractivity contribution in [2.45, 2.75) is 12.3 Å². The van der Waals surface area contributed by atoms with Gasteiger partial charge in [0.2, 0.25) is 0 Å². The molecule has 0 aliphatic carbocycles. The summed E-state index contributed by atoms with van der Waals surface area (Å²) in [5.41, 5.74) is 0. The lowest BCUT2D eigenvalue weighted by molar-refractivity contribution is 0.248. The topological polar surface area (TPSA) is 20.2 Å². The van der Waals surface area contributed by atoms with Gasteiger partial charge >= 0.3 is 0 Å². The van der Waals surface area contributed by atoms with Gasteiger partial charge in [-0.3, -0.25) is 0 Å². The Balaban J connectivity index is 3.79. The van der Waals surface area contributed by atoms with Crippen LogP contribution in [0.15, 0.2) is 12.3 Å². The number of allylic oxidation sites excluding steroid dienone is 1. The molecule has 1 unspecified atom stereocenters. The molecular formula is C4H8FOP. The maximum Gasteiger partial charge on any atom is 0.176 e. The van der Waals surface area contributed by atoms with Crippen LogP contribution in [0.3, 0.4) is 0 Å². The first-order chi connectivity index (χ1) is 2.94. The summed E-state index contributed by atoms with van der Waals surface area (Å²) < 4.78 is 12.1. The number of hydrogen-bond donors (Lipinski definition) is 1. The number of aliphatic hydroxyl groups is 1. The van der Waals surface area contributed by atoms with Crippen LogP contribution in [0.25, 0.3) is 0 Å². The molecule has 0 heterocycles. The molecule has 0 aromatic heterocycles. The van der Waals surface area contributed by atoms with Crippen molar-refractivity contribution in [1.82, 2.24) is 0 Å². The van der Waals surface area contributed by atoms with Crippen molar-refractivity contribution in [2.75, 3.05) is 0 Å². The smallest absolute Gasteiger partial charge is 0.176 e. The minimum absolute atomic E-state index is 0.461. The molecule has 0 aromatic carbocycles. The van der Waals surface area contributed by atoms with E-state index in [0.29, 0.717) is 0 Å². The van der Waals surface area contributed by atoms with Crippen molar-refractivity contribution >= 4 is 9.24 Å². The molecule has 0 amide bonds. The van der Waals surface area contributed by atoms with E-state index in [1.54, 1.807) is 0 Å². The summed E-state index contributed by atoms with van der Waals surface area (Å²) in [5, 5.41) is 6.58. The summed E-state index contributed by atoms with van der Waals surface area (Å²) in [6.45, 7) is 4.19. The quantitative estimate of drug-likeness (QED) is 0.414. The Morgan fingerprint density at radius 2 is 2.14 bits per heavy atom. The third kappa shape index (κ3) is 2.58. The first-order valence-electron chi connectivity index (χ1n) is 1.80. The van der Waals surface area contributed by atoms with E-state index in [-0.39, 0.29) is 0 Å². The maximum absolute atomic E-state index is 12.1. The summed E-state index contributed by atoms with van der Waals surface area (Å²) in [6, 6.07) is 0. The summed E-state index contributed by atoms with van der Waals surface area (Å²) in [6.07, 6.45) is 0. The summed E-state index contributed by atoms with van der Waals surface area (Å²) >= 11 is 0. The van der Waals surface area contributed by atoms with Crippen molar-refractivity contribution in [1.29, 1.82) is 0 Å². The highest BCUT2D eigenvalue weighted by Gasteiger charge is 2.18. The molecule has 1 N–H and O–H groups in total. The molecule has 0 bridgehead atoms. The second-order valence-corrected chi connectivity index (χ2v) is 2.61. The van der Waals surface area contributed by atoms with Crippen LogP contribution >= 0.6 is 9.24 Å². The van der Waals surface area contributed by atoms with Crippen molar-refractivity contribution in [3.05, 3.63) is 12.3 Å². The first-order valence-corrected chi connectivity index (χ1v) is 2.38. The van der Waals surface area contributed by atoms with Crippen LogP contribution in [-0.4, -0.2) is 10.5 Å². The lowest BCUT2D eigenvalue weighted by Crippen LogP contribution is -2.08. The van der Waals surface area contributed by atoms with Crippen LogP contribution < -0.4 is 0 Å². The highest BCUT2D eigenvalue weighted by Crippen LogP contribution is 2.24. The van der Waals surface area contributed by atoms with Gasteiger partial charge in [-0.25, -0.2) is 4.39 Å². The predicted molar refractivity (Wildman–Crippen MR) is 31.0 cm³/mol. The molecule has 0 rings (SSSR count). The minimum atomic E-state index is -1.72. The van der Waals surface area contributed by atoms with E-state index >= 15 is 0 Å². The van der Waals surface area contributed by atoms with Gasteiger partial charge in [0.15, 0.2) is 5.41 Å². The second kappa shape index (κ2) is 1.79. The lowest BCUT2D eigenvalue weighted by Gasteiger charge is -2.09. The number of aliphatic hydroxyl groups excluding tert-OH is 1. The van der Waals surface area contributed by atoms with E-state index in [2.05, 4.69) is 6.58 Å². The minimum Gasteiger partial charge on any atom is -0.509 e. The molecule has 0 aliphatic rings. The van der Waals surface area contributed by atoms with Crippen LogP contribution in [0.4, 0.5) is 4.39 Å². The largest absolute Gasteiger partial charge is 0.509 e. The van der Waals surface area contributed by atoms with Crippen molar-refractivity contribution in [3.8, 4) is 0 Å². The van der Waals surface area contributed by atoms with Gasteiger partial charge < -0.3 is 5.11 Å². The van der Waals surface area contributed by atoms with Crippen LogP contribution in [0.5, 0.6) is 0 Å². The normalized spacial score (nSPS) is 18.1. The molecule has 42 valence electrons. The molecule has 0 spiro atoms. The van der Waals surface area contributed by atoms with Gasteiger partial charge in [-0.2, -0.15) is 0 Å². The number of alkyl halides is 1. The SMILES string of the molecule is C=C(O)[C@](C)(F)P. The first kappa shape index (κ1) is 6.90. The third-order valence-corrected chi connectivity index (χ3v) is 0.897. The summed E-state index contributed by atoms with van der Waals surface area (Å²) in [5.74, 6) is -0.461. The van der Waals surface area contributed by atoms with Crippen LogP contribution in [0, 0.1) is 0 Å². The molecule has 1 nitrogen and oxygen atoms in total. The van der Waals surface area contributed by atoms with E-state index in [0.717, 1.165) is 0 Å². The van der Waals surface area contributed by atoms with Crippen molar-refractivity contribution in [2.24, 2.45) is 0 Å². The van der Waals surface area contributed by atoms with Gasteiger partial charge in [-0.05, 0) is 6.92 Å². The van der Waals surface area contributed by atoms with E-state index in [1.165, 1.54) is 6.92 Å². The summed E-state index contributed by atoms with van der Waals surface area (Å²) in [7, 11) is 1.81. The van der Waals surface area contributed by atoms with Crippen molar-refractivity contribution in [3.63, 3.8) is 0 Å². The molecule has 0 fully saturated rings. The number of hydrogen-bond acceptors (Lipinski definition) is 1. The Kier molecular flexibility index (Phi) is 1.76. The van der Waals surface area contributed by atoms with E-state index in [1.807, 2.05) is 9.24 Å². The van der Waals surface area contributed by atoms with Gasteiger partial charge in [0.05, 0.1) is 0 Å². The van der Waals surface area contributed by atoms with E-state index in [9.17, 15) is 4.39 Å². The molecule has 2 atom stereocenters. The van der Waals surface area contributed by atoms with Crippen LogP contribution in [-0.2, 0) is 0 Å². The van der Waals surface area contributed by atoms with Gasteiger partial charge in [0.25, 0.3) is 0 Å². The molecule has 0 radical (unpaired) electrons. The zero-order valence-corrected chi connectivity index (χ0v) is 5.26. The fourth-order valence-corrected chi connectivity index (χ4v) is 0. The molecular weight excluding hydrogens is 114 g/mol. The second-order valence-electron chi connectivity index (χ2n) is 1.52. The van der Waals surface area contributed by atoms with Crippen LogP contribution in [0.1, 0.15) is 6.92 Å².